The van der Waals surface area contributed by atoms with Gasteiger partial charge in [-0.15, -0.1) is 11.3 Å². The Hall–Kier alpha value is -3.20. The number of nitrogens with zero attached hydrogens (tertiary/aromatic N) is 1. The number of nitrogens with one attached hydrogen (secondary N) is 2. The lowest BCUT2D eigenvalue weighted by Gasteiger charge is -2.31. The highest BCUT2D eigenvalue weighted by Crippen LogP contribution is 2.28. The summed E-state index contributed by atoms with van der Waals surface area (Å²) in [6.07, 6.45) is 0.663. The molecule has 3 amide bonds. The Bertz CT molecular complexity index is 1130. The van der Waals surface area contributed by atoms with E-state index in [0.29, 0.717) is 48.0 Å². The van der Waals surface area contributed by atoms with Gasteiger partial charge in [-0.1, -0.05) is 29.8 Å². The molecule has 1 heterocycles. The van der Waals surface area contributed by atoms with Crippen LogP contribution in [-0.4, -0.2) is 42.4 Å². The molecule has 7 nitrogen and oxygen atoms in total. The highest BCUT2D eigenvalue weighted by atomic mass is 35.5. The number of thiophene rings is 1. The van der Waals surface area contributed by atoms with Crippen molar-refractivity contribution in [2.75, 3.05) is 25.1 Å². The van der Waals surface area contributed by atoms with Crippen LogP contribution in [0.15, 0.2) is 66.0 Å². The van der Waals surface area contributed by atoms with Gasteiger partial charge >= 0.3 is 0 Å². The SMILES string of the molecule is CCOCCCNC(=O)[C@H](c1ccc(Cl)cc1)N(Cc1cccs1)C(=O)c1ccc(NC(C)=O)cc1. The zero-order valence-corrected chi connectivity index (χ0v) is 21.9. The topological polar surface area (TPSA) is 87.7 Å². The Morgan fingerprint density at radius 1 is 1.06 bits per heavy atom. The molecule has 2 N–H and O–H groups in total. The van der Waals surface area contributed by atoms with Gasteiger partial charge in [0, 0.05) is 47.8 Å². The van der Waals surface area contributed by atoms with Gasteiger partial charge in [-0.05, 0) is 66.8 Å². The van der Waals surface area contributed by atoms with E-state index in [4.69, 9.17) is 16.3 Å². The fourth-order valence-corrected chi connectivity index (χ4v) is 4.49. The molecule has 1 aromatic heterocycles. The van der Waals surface area contributed by atoms with Crippen molar-refractivity contribution in [1.29, 1.82) is 0 Å². The van der Waals surface area contributed by atoms with Gasteiger partial charge in [0.05, 0.1) is 6.54 Å². The number of rotatable bonds is 12. The predicted octanol–water partition coefficient (Wildman–Crippen LogP) is 5.29. The van der Waals surface area contributed by atoms with E-state index < -0.39 is 6.04 Å². The van der Waals surface area contributed by atoms with Gasteiger partial charge < -0.3 is 20.3 Å². The molecule has 36 heavy (non-hydrogen) atoms. The fraction of sp³-hybridized carbons (Fsp3) is 0.296. The molecule has 0 saturated heterocycles. The van der Waals surface area contributed by atoms with Gasteiger partial charge in [0.1, 0.15) is 6.04 Å². The van der Waals surface area contributed by atoms with Crippen molar-refractivity contribution < 1.29 is 19.1 Å². The monoisotopic (exact) mass is 527 g/mol. The second-order valence-corrected chi connectivity index (χ2v) is 9.54. The number of carbonyl (C=O) groups is 3. The van der Waals surface area contributed by atoms with Crippen molar-refractivity contribution in [1.82, 2.24) is 10.2 Å². The van der Waals surface area contributed by atoms with Gasteiger partial charge in [0.25, 0.3) is 5.91 Å². The van der Waals surface area contributed by atoms with Crippen LogP contribution in [0.1, 0.15) is 47.1 Å². The Morgan fingerprint density at radius 2 is 1.78 bits per heavy atom. The molecule has 0 aliphatic rings. The van der Waals surface area contributed by atoms with Crippen molar-refractivity contribution in [3.05, 3.63) is 87.1 Å². The van der Waals surface area contributed by atoms with E-state index in [1.54, 1.807) is 53.4 Å². The van der Waals surface area contributed by atoms with E-state index in [-0.39, 0.29) is 24.3 Å². The first-order valence-corrected chi connectivity index (χ1v) is 13.0. The summed E-state index contributed by atoms with van der Waals surface area (Å²) in [5, 5.41) is 8.14. The molecule has 2 aromatic carbocycles. The summed E-state index contributed by atoms with van der Waals surface area (Å²) in [6, 6.07) is 16.6. The van der Waals surface area contributed by atoms with Crippen LogP contribution < -0.4 is 10.6 Å². The predicted molar refractivity (Wildman–Crippen MR) is 143 cm³/mol. The number of anilines is 1. The maximum absolute atomic E-state index is 13.8. The Kier molecular flexibility index (Phi) is 10.5. The smallest absolute Gasteiger partial charge is 0.255 e. The molecule has 9 heteroatoms. The van der Waals surface area contributed by atoms with Crippen molar-refractivity contribution in [3.63, 3.8) is 0 Å². The molecule has 3 aromatic rings. The summed E-state index contributed by atoms with van der Waals surface area (Å²) in [6.45, 7) is 5.18. The first kappa shape index (κ1) is 27.4. The molecule has 0 saturated carbocycles. The zero-order valence-electron chi connectivity index (χ0n) is 20.3. The van der Waals surface area contributed by atoms with Gasteiger partial charge in [0.15, 0.2) is 0 Å². The zero-order chi connectivity index (χ0) is 25.9. The van der Waals surface area contributed by atoms with Crippen LogP contribution in [0.3, 0.4) is 0 Å². The van der Waals surface area contributed by atoms with Gasteiger partial charge in [-0.3, -0.25) is 14.4 Å². The molecular weight excluding hydrogens is 498 g/mol. The van der Waals surface area contributed by atoms with Gasteiger partial charge in [-0.2, -0.15) is 0 Å². The molecule has 0 spiro atoms. The Labute approximate surface area is 220 Å². The highest BCUT2D eigenvalue weighted by Gasteiger charge is 2.32. The average Bonchev–Trinajstić information content (AvgIpc) is 3.37. The highest BCUT2D eigenvalue weighted by molar-refractivity contribution is 7.09. The standard InChI is InChI=1S/C27H30ClN3O4S/c1-3-35-16-5-15-29-26(33)25(20-7-11-22(28)12-8-20)31(18-24-6-4-17-36-24)27(34)21-9-13-23(14-10-21)30-19(2)32/h4,6-14,17,25H,3,5,15-16,18H2,1-2H3,(H,29,33)(H,30,32)/t25-/m0/s1. The first-order valence-electron chi connectivity index (χ1n) is 11.7. The molecule has 0 unspecified atom stereocenters. The normalized spacial score (nSPS) is 11.5. The molecular formula is C27H30ClN3O4S. The minimum atomic E-state index is -0.876. The lowest BCUT2D eigenvalue weighted by atomic mass is 10.0. The second-order valence-electron chi connectivity index (χ2n) is 8.07. The third-order valence-electron chi connectivity index (χ3n) is 5.33. The van der Waals surface area contributed by atoms with E-state index in [0.717, 1.165) is 4.88 Å². The number of halogens is 1. The number of hydrogen-bond acceptors (Lipinski definition) is 5. The largest absolute Gasteiger partial charge is 0.382 e. The van der Waals surface area contributed by atoms with E-state index >= 15 is 0 Å². The Morgan fingerprint density at radius 3 is 2.39 bits per heavy atom. The molecule has 0 aliphatic heterocycles. The van der Waals surface area contributed by atoms with Crippen LogP contribution >= 0.6 is 22.9 Å². The summed E-state index contributed by atoms with van der Waals surface area (Å²) in [5.74, 6) is -0.784. The molecule has 3 rings (SSSR count). The van der Waals surface area contributed by atoms with Gasteiger partial charge in [0.2, 0.25) is 11.8 Å². The number of amides is 3. The first-order chi connectivity index (χ1) is 17.4. The van der Waals surface area contributed by atoms with Crippen molar-refractivity contribution in [2.24, 2.45) is 0 Å². The van der Waals surface area contributed by atoms with Crippen LogP contribution in [0, 0.1) is 0 Å². The van der Waals surface area contributed by atoms with Crippen molar-refractivity contribution >= 4 is 46.3 Å². The summed E-state index contributed by atoms with van der Waals surface area (Å²) in [4.78, 5) is 41.2. The van der Waals surface area contributed by atoms with Crippen LogP contribution in [0.5, 0.6) is 0 Å². The van der Waals surface area contributed by atoms with E-state index in [2.05, 4.69) is 10.6 Å². The third kappa shape index (κ3) is 7.91. The van der Waals surface area contributed by atoms with E-state index in [1.807, 2.05) is 24.4 Å². The minimum absolute atomic E-state index is 0.197. The number of ether oxygens (including phenoxy) is 1. The minimum Gasteiger partial charge on any atom is -0.382 e. The maximum Gasteiger partial charge on any atom is 0.255 e. The lowest BCUT2D eigenvalue weighted by Crippen LogP contribution is -2.43. The van der Waals surface area contributed by atoms with E-state index in [9.17, 15) is 14.4 Å². The van der Waals surface area contributed by atoms with Crippen LogP contribution in [0.25, 0.3) is 0 Å². The van der Waals surface area contributed by atoms with Crippen molar-refractivity contribution in [3.8, 4) is 0 Å². The second kappa shape index (κ2) is 13.8. The molecule has 0 bridgehead atoms. The molecule has 1 atom stereocenters. The number of hydrogen-bond donors (Lipinski definition) is 2. The quantitative estimate of drug-likeness (QED) is 0.313. The summed E-state index contributed by atoms with van der Waals surface area (Å²) in [7, 11) is 0. The van der Waals surface area contributed by atoms with Gasteiger partial charge in [-0.25, -0.2) is 0 Å². The average molecular weight is 528 g/mol. The fourth-order valence-electron chi connectivity index (χ4n) is 3.66. The maximum atomic E-state index is 13.8. The lowest BCUT2D eigenvalue weighted by molar-refractivity contribution is -0.126. The van der Waals surface area contributed by atoms with E-state index in [1.165, 1.54) is 18.3 Å². The third-order valence-corrected chi connectivity index (χ3v) is 6.45. The summed E-state index contributed by atoms with van der Waals surface area (Å²) < 4.78 is 5.37. The summed E-state index contributed by atoms with van der Waals surface area (Å²) in [5.41, 5.74) is 1.65. The van der Waals surface area contributed by atoms with Crippen molar-refractivity contribution in [2.45, 2.75) is 32.9 Å². The molecule has 0 radical (unpaired) electrons. The summed E-state index contributed by atoms with van der Waals surface area (Å²) >= 11 is 7.62. The number of benzene rings is 2. The Balaban J connectivity index is 1.94. The molecule has 0 aliphatic carbocycles. The molecule has 190 valence electrons. The number of carbonyl (C=O) groups excluding carboxylic acids is 3. The molecule has 0 fully saturated rings. The van der Waals surface area contributed by atoms with Crippen LogP contribution in [0.2, 0.25) is 5.02 Å². The van der Waals surface area contributed by atoms with Crippen LogP contribution in [-0.2, 0) is 20.9 Å². The van der Waals surface area contributed by atoms with Crippen LogP contribution in [0.4, 0.5) is 5.69 Å².